The summed E-state index contributed by atoms with van der Waals surface area (Å²) in [5.74, 6) is 0.825. The van der Waals surface area contributed by atoms with Gasteiger partial charge in [0.05, 0.1) is 0 Å². The number of unbranched alkanes of at least 4 members (excludes halogenated alkanes) is 14. The van der Waals surface area contributed by atoms with E-state index in [0.717, 1.165) is 25.7 Å². The van der Waals surface area contributed by atoms with E-state index >= 15 is 0 Å². The van der Waals surface area contributed by atoms with Gasteiger partial charge in [0.1, 0.15) is 11.5 Å². The molecule has 0 spiro atoms. The number of phenols is 1. The predicted octanol–water partition coefficient (Wildman–Crippen LogP) is 10.8. The van der Waals surface area contributed by atoms with Crippen LogP contribution < -0.4 is 4.74 Å². The Bertz CT molecular complexity index is 909. The number of benzene rings is 2. The first-order chi connectivity index (χ1) is 19.1. The fraction of sp³-hybridized carbons (Fsp3) is 0.639. The first kappa shape index (κ1) is 31.2. The number of carbonyl (C=O) groups is 1. The van der Waals surface area contributed by atoms with E-state index in [2.05, 4.69) is 31.2 Å². The Labute approximate surface area is 238 Å². The van der Waals surface area contributed by atoms with Gasteiger partial charge in [-0.3, -0.25) is 4.79 Å². The fourth-order valence-corrected chi connectivity index (χ4v) is 6.34. The Morgan fingerprint density at radius 3 is 1.56 bits per heavy atom. The molecule has 1 saturated carbocycles. The highest BCUT2D eigenvalue weighted by atomic mass is 16.5. The number of carbonyl (C=O) groups excluding carboxylic acids is 1. The third-order valence-electron chi connectivity index (χ3n) is 8.75. The summed E-state index contributed by atoms with van der Waals surface area (Å²) in [7, 11) is 0. The Balaban J connectivity index is 1.28. The van der Waals surface area contributed by atoms with Crippen molar-refractivity contribution < 1.29 is 14.6 Å². The van der Waals surface area contributed by atoms with Crippen LogP contribution in [0.1, 0.15) is 153 Å². The van der Waals surface area contributed by atoms with E-state index in [9.17, 15) is 9.90 Å². The van der Waals surface area contributed by atoms with E-state index in [0.29, 0.717) is 17.9 Å². The first-order valence-electron chi connectivity index (χ1n) is 16.2. The molecule has 3 rings (SSSR count). The van der Waals surface area contributed by atoms with Gasteiger partial charge in [-0.2, -0.15) is 0 Å². The maximum absolute atomic E-state index is 12.4. The molecule has 2 aromatic rings. The lowest BCUT2D eigenvalue weighted by atomic mass is 9.65. The summed E-state index contributed by atoms with van der Waals surface area (Å²) in [6.07, 6.45) is 26.3. The molecule has 0 saturated heterocycles. The average Bonchev–Trinajstić information content (AvgIpc) is 2.96. The van der Waals surface area contributed by atoms with Crippen LogP contribution in [0.3, 0.4) is 0 Å². The van der Waals surface area contributed by atoms with Crippen molar-refractivity contribution in [2.24, 2.45) is 0 Å². The Morgan fingerprint density at radius 2 is 1.08 bits per heavy atom. The van der Waals surface area contributed by atoms with Gasteiger partial charge in [0.2, 0.25) is 0 Å². The minimum absolute atomic E-state index is 0.0254. The van der Waals surface area contributed by atoms with E-state index in [1.54, 1.807) is 12.1 Å². The fourth-order valence-electron chi connectivity index (χ4n) is 6.34. The highest BCUT2D eigenvalue weighted by molar-refractivity contribution is 5.72. The molecule has 0 aromatic heterocycles. The summed E-state index contributed by atoms with van der Waals surface area (Å²) in [6, 6.07) is 15.9. The zero-order chi connectivity index (χ0) is 27.6. The monoisotopic (exact) mass is 534 g/mol. The Morgan fingerprint density at radius 1 is 0.641 bits per heavy atom. The van der Waals surface area contributed by atoms with Crippen molar-refractivity contribution >= 4 is 5.97 Å². The molecular weight excluding hydrogens is 480 g/mol. The van der Waals surface area contributed by atoms with Crippen molar-refractivity contribution in [2.45, 2.75) is 147 Å². The van der Waals surface area contributed by atoms with Crippen LogP contribution in [0.25, 0.3) is 0 Å². The van der Waals surface area contributed by atoms with E-state index in [1.807, 2.05) is 12.1 Å². The third-order valence-corrected chi connectivity index (χ3v) is 8.75. The molecule has 1 N–H and O–H groups in total. The van der Waals surface area contributed by atoms with E-state index in [4.69, 9.17) is 4.74 Å². The summed E-state index contributed by atoms with van der Waals surface area (Å²) >= 11 is 0. The topological polar surface area (TPSA) is 46.5 Å². The lowest BCUT2D eigenvalue weighted by Crippen LogP contribution is -2.30. The number of ether oxygens (including phenoxy) is 1. The second-order valence-electron chi connectivity index (χ2n) is 11.9. The number of aromatic hydroxyl groups is 1. The minimum atomic E-state index is -0.122. The van der Waals surface area contributed by atoms with Crippen molar-refractivity contribution in [2.75, 3.05) is 0 Å². The molecule has 0 unspecified atom stereocenters. The van der Waals surface area contributed by atoms with Crippen molar-refractivity contribution in [3.05, 3.63) is 59.7 Å². The highest BCUT2D eigenvalue weighted by Crippen LogP contribution is 2.45. The molecule has 0 bridgehead atoms. The van der Waals surface area contributed by atoms with Crippen LogP contribution in [-0.2, 0) is 10.2 Å². The van der Waals surface area contributed by atoms with Gasteiger partial charge in [-0.1, -0.05) is 140 Å². The van der Waals surface area contributed by atoms with Crippen LogP contribution in [0.15, 0.2) is 48.5 Å². The quantitative estimate of drug-likeness (QED) is 0.111. The molecule has 0 radical (unpaired) electrons. The maximum atomic E-state index is 12.4. The highest BCUT2D eigenvalue weighted by Gasteiger charge is 2.35. The van der Waals surface area contributed by atoms with Crippen LogP contribution in [0.5, 0.6) is 11.5 Å². The van der Waals surface area contributed by atoms with Gasteiger partial charge in [-0.15, -0.1) is 0 Å². The predicted molar refractivity (Wildman–Crippen MR) is 164 cm³/mol. The summed E-state index contributed by atoms with van der Waals surface area (Å²) in [6.45, 7) is 2.28. The van der Waals surface area contributed by atoms with Crippen molar-refractivity contribution in [3.63, 3.8) is 0 Å². The lowest BCUT2D eigenvalue weighted by Gasteiger charge is -2.38. The average molecular weight is 535 g/mol. The van der Waals surface area contributed by atoms with Gasteiger partial charge in [0, 0.05) is 11.8 Å². The normalized spacial score (nSPS) is 14.8. The van der Waals surface area contributed by atoms with E-state index in [1.165, 1.54) is 114 Å². The summed E-state index contributed by atoms with van der Waals surface area (Å²) < 4.78 is 5.66. The molecular formula is C36H54O3. The second-order valence-corrected chi connectivity index (χ2v) is 11.9. The Kier molecular flexibility index (Phi) is 14.5. The van der Waals surface area contributed by atoms with Gasteiger partial charge in [0.25, 0.3) is 0 Å². The van der Waals surface area contributed by atoms with Crippen molar-refractivity contribution in [1.82, 2.24) is 0 Å². The number of hydrogen-bond acceptors (Lipinski definition) is 3. The molecule has 2 aromatic carbocycles. The lowest BCUT2D eigenvalue weighted by molar-refractivity contribution is -0.134. The molecule has 39 heavy (non-hydrogen) atoms. The zero-order valence-electron chi connectivity index (χ0n) is 24.7. The smallest absolute Gasteiger partial charge is 0.311 e. The minimum Gasteiger partial charge on any atom is -0.508 e. The summed E-state index contributed by atoms with van der Waals surface area (Å²) in [5.41, 5.74) is 2.51. The first-order valence-corrected chi connectivity index (χ1v) is 16.2. The van der Waals surface area contributed by atoms with Gasteiger partial charge < -0.3 is 9.84 Å². The van der Waals surface area contributed by atoms with Gasteiger partial charge in [-0.25, -0.2) is 0 Å². The van der Waals surface area contributed by atoms with Crippen LogP contribution in [-0.4, -0.2) is 11.1 Å². The van der Waals surface area contributed by atoms with Crippen LogP contribution >= 0.6 is 0 Å². The van der Waals surface area contributed by atoms with Gasteiger partial charge in [-0.05, 0) is 54.7 Å². The molecule has 1 aliphatic carbocycles. The van der Waals surface area contributed by atoms with Gasteiger partial charge in [0.15, 0.2) is 0 Å². The van der Waals surface area contributed by atoms with Crippen LogP contribution in [0, 0.1) is 0 Å². The molecule has 216 valence electrons. The molecule has 1 fully saturated rings. The number of phenolic OH excluding ortho intramolecular Hbond substituents is 1. The molecule has 0 amide bonds. The molecule has 3 heteroatoms. The Hall–Kier alpha value is -2.29. The standard InChI is InChI=1S/C36H54O3/c1-2-3-4-5-6-7-8-9-10-11-12-13-14-15-17-20-35(38)39-34-27-23-32(24-28-34)36(29-18-16-19-30-36)31-21-25-33(37)26-22-31/h21-28,37H,2-20,29-30H2,1H3. The third kappa shape index (κ3) is 11.0. The molecule has 1 aliphatic rings. The van der Waals surface area contributed by atoms with Crippen LogP contribution in [0.4, 0.5) is 0 Å². The largest absolute Gasteiger partial charge is 0.508 e. The van der Waals surface area contributed by atoms with Crippen molar-refractivity contribution in [3.8, 4) is 11.5 Å². The number of esters is 1. The second kappa shape index (κ2) is 18.1. The maximum Gasteiger partial charge on any atom is 0.311 e. The molecule has 0 aliphatic heterocycles. The zero-order valence-corrected chi connectivity index (χ0v) is 24.7. The SMILES string of the molecule is CCCCCCCCCCCCCCCCCC(=O)Oc1ccc(C2(c3ccc(O)cc3)CCCCC2)cc1. The van der Waals surface area contributed by atoms with Gasteiger partial charge >= 0.3 is 5.97 Å². The van der Waals surface area contributed by atoms with Crippen molar-refractivity contribution in [1.29, 1.82) is 0 Å². The number of rotatable bonds is 19. The van der Waals surface area contributed by atoms with Crippen LogP contribution in [0.2, 0.25) is 0 Å². The summed E-state index contributed by atoms with van der Waals surface area (Å²) in [5, 5.41) is 9.76. The van der Waals surface area contributed by atoms with E-state index < -0.39 is 0 Å². The number of hydrogen-bond donors (Lipinski definition) is 1. The van der Waals surface area contributed by atoms with E-state index in [-0.39, 0.29) is 11.4 Å². The molecule has 0 heterocycles. The molecule has 0 atom stereocenters. The summed E-state index contributed by atoms with van der Waals surface area (Å²) in [4.78, 5) is 12.4. The molecule has 3 nitrogen and oxygen atoms in total.